The number of aromatic nitrogens is 3. The average molecular weight is 362 g/mol. The topological polar surface area (TPSA) is 60.2 Å². The first-order valence-corrected chi connectivity index (χ1v) is 9.15. The van der Waals surface area contributed by atoms with E-state index in [-0.39, 0.29) is 5.56 Å². The van der Waals surface area contributed by atoms with Crippen LogP contribution in [-0.2, 0) is 13.0 Å². The van der Waals surface area contributed by atoms with Crippen LogP contribution in [0.3, 0.4) is 0 Å². The van der Waals surface area contributed by atoms with Crippen LogP contribution in [0.5, 0.6) is 5.75 Å². The molecule has 138 valence electrons. The molecule has 0 bridgehead atoms. The predicted octanol–water partition coefficient (Wildman–Crippen LogP) is 2.77. The van der Waals surface area contributed by atoms with E-state index in [9.17, 15) is 4.79 Å². The van der Waals surface area contributed by atoms with Crippen LogP contribution in [0, 0.1) is 0 Å². The number of aryl methyl sites for hydroxylation is 1. The van der Waals surface area contributed by atoms with Gasteiger partial charge in [-0.05, 0) is 42.7 Å². The molecule has 1 aliphatic heterocycles. The van der Waals surface area contributed by atoms with Gasteiger partial charge in [-0.25, -0.2) is 4.98 Å². The summed E-state index contributed by atoms with van der Waals surface area (Å²) in [6.07, 6.45) is 5.38. The SMILES string of the molecule is COc1cccc(CCCN2CCn3c2nc(-c2ccncc2)cc3=O)c1. The van der Waals surface area contributed by atoms with Crippen molar-refractivity contribution >= 4 is 5.95 Å². The van der Waals surface area contributed by atoms with E-state index >= 15 is 0 Å². The Bertz CT molecular complexity index is 985. The van der Waals surface area contributed by atoms with Crippen molar-refractivity contribution in [3.63, 3.8) is 0 Å². The Morgan fingerprint density at radius 2 is 1.96 bits per heavy atom. The summed E-state index contributed by atoms with van der Waals surface area (Å²) in [5.74, 6) is 1.65. The molecule has 3 aromatic rings. The van der Waals surface area contributed by atoms with Gasteiger partial charge in [-0.3, -0.25) is 14.3 Å². The molecule has 0 unspecified atom stereocenters. The van der Waals surface area contributed by atoms with Gasteiger partial charge in [0.1, 0.15) is 5.75 Å². The molecule has 0 saturated heterocycles. The van der Waals surface area contributed by atoms with Crippen LogP contribution in [-0.4, -0.2) is 34.7 Å². The summed E-state index contributed by atoms with van der Waals surface area (Å²) >= 11 is 0. The Labute approximate surface area is 158 Å². The molecule has 27 heavy (non-hydrogen) atoms. The number of hydrogen-bond donors (Lipinski definition) is 0. The molecule has 1 aromatic carbocycles. The maximum absolute atomic E-state index is 12.5. The summed E-state index contributed by atoms with van der Waals surface area (Å²) in [5.41, 5.74) is 2.87. The first-order valence-electron chi connectivity index (χ1n) is 9.15. The monoisotopic (exact) mass is 362 g/mol. The van der Waals surface area contributed by atoms with Crippen molar-refractivity contribution in [2.24, 2.45) is 0 Å². The fraction of sp³-hybridized carbons (Fsp3) is 0.286. The Kier molecular flexibility index (Phi) is 4.87. The number of anilines is 1. The van der Waals surface area contributed by atoms with E-state index in [4.69, 9.17) is 9.72 Å². The van der Waals surface area contributed by atoms with E-state index in [0.717, 1.165) is 43.2 Å². The number of benzene rings is 1. The fourth-order valence-electron chi connectivity index (χ4n) is 3.45. The van der Waals surface area contributed by atoms with Gasteiger partial charge in [-0.15, -0.1) is 0 Å². The predicted molar refractivity (Wildman–Crippen MR) is 105 cm³/mol. The van der Waals surface area contributed by atoms with Gasteiger partial charge in [0, 0.05) is 43.7 Å². The zero-order valence-corrected chi connectivity index (χ0v) is 15.3. The maximum Gasteiger partial charge on any atom is 0.255 e. The van der Waals surface area contributed by atoms with Gasteiger partial charge in [0.05, 0.1) is 12.8 Å². The molecule has 1 aliphatic rings. The number of hydrogen-bond acceptors (Lipinski definition) is 5. The summed E-state index contributed by atoms with van der Waals surface area (Å²) in [4.78, 5) is 23.5. The molecule has 0 N–H and O–H groups in total. The molecular formula is C21H22N4O2. The summed E-state index contributed by atoms with van der Waals surface area (Å²) in [5, 5.41) is 0. The number of ether oxygens (including phenoxy) is 1. The van der Waals surface area contributed by atoms with Crippen molar-refractivity contribution in [2.75, 3.05) is 25.1 Å². The van der Waals surface area contributed by atoms with Crippen LogP contribution in [0.15, 0.2) is 59.7 Å². The number of rotatable bonds is 6. The number of fused-ring (bicyclic) bond motifs is 1. The van der Waals surface area contributed by atoms with Gasteiger partial charge in [0.15, 0.2) is 0 Å². The quantitative estimate of drug-likeness (QED) is 0.675. The smallest absolute Gasteiger partial charge is 0.255 e. The zero-order chi connectivity index (χ0) is 18.6. The average Bonchev–Trinajstić information content (AvgIpc) is 3.12. The van der Waals surface area contributed by atoms with Crippen molar-refractivity contribution in [3.05, 3.63) is 70.8 Å². The Balaban J connectivity index is 1.49. The second-order valence-electron chi connectivity index (χ2n) is 6.61. The van der Waals surface area contributed by atoms with Crippen LogP contribution in [0.1, 0.15) is 12.0 Å². The molecule has 0 spiro atoms. The van der Waals surface area contributed by atoms with Gasteiger partial charge in [0.2, 0.25) is 5.95 Å². The lowest BCUT2D eigenvalue weighted by Crippen LogP contribution is -2.24. The minimum absolute atomic E-state index is 0.00195. The largest absolute Gasteiger partial charge is 0.497 e. The van der Waals surface area contributed by atoms with Crippen molar-refractivity contribution in [1.82, 2.24) is 14.5 Å². The molecule has 0 fully saturated rings. The fourth-order valence-corrected chi connectivity index (χ4v) is 3.45. The number of methoxy groups -OCH3 is 1. The molecule has 4 rings (SSSR count). The first-order chi connectivity index (χ1) is 13.2. The third-order valence-electron chi connectivity index (χ3n) is 4.87. The highest BCUT2D eigenvalue weighted by Crippen LogP contribution is 2.22. The van der Waals surface area contributed by atoms with Gasteiger partial charge in [-0.1, -0.05) is 12.1 Å². The molecule has 0 saturated carbocycles. The highest BCUT2D eigenvalue weighted by atomic mass is 16.5. The lowest BCUT2D eigenvalue weighted by molar-refractivity contribution is 0.414. The molecule has 2 aromatic heterocycles. The molecule has 0 radical (unpaired) electrons. The minimum atomic E-state index is 0.00195. The van der Waals surface area contributed by atoms with Crippen molar-refractivity contribution in [3.8, 4) is 17.0 Å². The molecule has 3 heterocycles. The van der Waals surface area contributed by atoms with E-state index in [1.165, 1.54) is 5.56 Å². The third kappa shape index (κ3) is 3.69. The van der Waals surface area contributed by atoms with Crippen LogP contribution in [0.2, 0.25) is 0 Å². The molecule has 0 aliphatic carbocycles. The highest BCUT2D eigenvalue weighted by Gasteiger charge is 2.22. The van der Waals surface area contributed by atoms with Crippen molar-refractivity contribution < 1.29 is 4.74 Å². The van der Waals surface area contributed by atoms with E-state index in [0.29, 0.717) is 12.2 Å². The molecule has 6 nitrogen and oxygen atoms in total. The van der Waals surface area contributed by atoms with Crippen molar-refractivity contribution in [1.29, 1.82) is 0 Å². The van der Waals surface area contributed by atoms with Crippen LogP contribution in [0.25, 0.3) is 11.3 Å². The van der Waals surface area contributed by atoms with Crippen molar-refractivity contribution in [2.45, 2.75) is 19.4 Å². The van der Waals surface area contributed by atoms with Gasteiger partial charge < -0.3 is 9.64 Å². The molecule has 0 amide bonds. The molecule has 6 heteroatoms. The maximum atomic E-state index is 12.5. The lowest BCUT2D eigenvalue weighted by Gasteiger charge is -2.17. The van der Waals surface area contributed by atoms with Crippen LogP contribution in [0.4, 0.5) is 5.95 Å². The Hall–Kier alpha value is -3.15. The highest BCUT2D eigenvalue weighted by molar-refractivity contribution is 5.59. The van der Waals surface area contributed by atoms with Crippen LogP contribution < -0.4 is 15.2 Å². The second kappa shape index (κ2) is 7.61. The molecular weight excluding hydrogens is 340 g/mol. The number of pyridine rings is 1. The van der Waals surface area contributed by atoms with E-state index in [1.54, 1.807) is 30.1 Å². The van der Waals surface area contributed by atoms with E-state index < -0.39 is 0 Å². The van der Waals surface area contributed by atoms with E-state index in [1.807, 2.05) is 24.3 Å². The normalized spacial score (nSPS) is 12.9. The van der Waals surface area contributed by atoms with Crippen LogP contribution >= 0.6 is 0 Å². The summed E-state index contributed by atoms with van der Waals surface area (Å²) in [6, 6.07) is 13.5. The standard InChI is InChI=1S/C21H22N4O2/c1-27-18-6-2-4-16(14-18)5-3-11-24-12-13-25-20(26)15-19(23-21(24)25)17-7-9-22-10-8-17/h2,4,6-10,14-15H,3,5,11-13H2,1H3. The minimum Gasteiger partial charge on any atom is -0.497 e. The summed E-state index contributed by atoms with van der Waals surface area (Å²) in [7, 11) is 1.68. The summed E-state index contributed by atoms with van der Waals surface area (Å²) < 4.78 is 7.05. The first kappa shape index (κ1) is 17.3. The summed E-state index contributed by atoms with van der Waals surface area (Å²) in [6.45, 7) is 2.38. The van der Waals surface area contributed by atoms with Gasteiger partial charge in [-0.2, -0.15) is 0 Å². The molecule has 0 atom stereocenters. The van der Waals surface area contributed by atoms with Gasteiger partial charge >= 0.3 is 0 Å². The lowest BCUT2D eigenvalue weighted by atomic mass is 10.1. The Morgan fingerprint density at radius 1 is 1.11 bits per heavy atom. The zero-order valence-electron chi connectivity index (χ0n) is 15.3. The second-order valence-corrected chi connectivity index (χ2v) is 6.61. The van der Waals surface area contributed by atoms with E-state index in [2.05, 4.69) is 22.0 Å². The Morgan fingerprint density at radius 3 is 2.78 bits per heavy atom. The third-order valence-corrected chi connectivity index (χ3v) is 4.87. The van der Waals surface area contributed by atoms with Gasteiger partial charge in [0.25, 0.3) is 5.56 Å². The number of nitrogens with zero attached hydrogens (tertiary/aromatic N) is 4.